The number of alkyl halides is 2. The summed E-state index contributed by atoms with van der Waals surface area (Å²) in [4.78, 5) is 2.02. The maximum atomic E-state index is 13.2. The Hall–Kier alpha value is -1.18. The Morgan fingerprint density at radius 2 is 1.69 bits per heavy atom. The van der Waals surface area contributed by atoms with Crippen LogP contribution in [0.5, 0.6) is 5.75 Å². The molecule has 1 aromatic rings. The van der Waals surface area contributed by atoms with Crippen molar-refractivity contribution in [1.82, 2.24) is 4.90 Å². The number of halogens is 2. The zero-order valence-corrected chi connectivity index (χ0v) is 16.1. The predicted molar refractivity (Wildman–Crippen MR) is 98.3 cm³/mol. The molecular weight excluding hydrogens is 339 g/mol. The fourth-order valence-corrected chi connectivity index (χ4v) is 3.13. The molecule has 2 aliphatic heterocycles. The largest absolute Gasteiger partial charge is 0.494 e. The number of hydrogen-bond donors (Lipinski definition) is 0. The van der Waals surface area contributed by atoms with Gasteiger partial charge in [-0.3, -0.25) is 4.90 Å². The molecule has 0 radical (unpaired) electrons. The van der Waals surface area contributed by atoms with E-state index in [1.54, 1.807) is 0 Å². The molecule has 26 heavy (non-hydrogen) atoms. The van der Waals surface area contributed by atoms with Crippen molar-refractivity contribution in [2.24, 2.45) is 0 Å². The minimum atomic E-state index is -2.51. The molecule has 0 atom stereocenters. The molecule has 0 bridgehead atoms. The molecule has 7 heteroatoms. The van der Waals surface area contributed by atoms with Gasteiger partial charge >= 0.3 is 7.12 Å². The molecule has 0 aliphatic carbocycles. The molecule has 0 aromatic heterocycles. The number of nitrogens with zero attached hydrogens (tertiary/aromatic N) is 1. The topological polar surface area (TPSA) is 30.9 Å². The fraction of sp³-hybridized carbons (Fsp3) is 0.684. The third kappa shape index (κ3) is 4.38. The van der Waals surface area contributed by atoms with Crippen molar-refractivity contribution < 1.29 is 22.8 Å². The van der Waals surface area contributed by atoms with Crippen molar-refractivity contribution in [3.8, 4) is 5.75 Å². The van der Waals surface area contributed by atoms with E-state index in [1.165, 1.54) is 0 Å². The van der Waals surface area contributed by atoms with Gasteiger partial charge in [0.25, 0.3) is 5.92 Å². The van der Waals surface area contributed by atoms with Gasteiger partial charge in [0, 0.05) is 32.5 Å². The highest BCUT2D eigenvalue weighted by atomic mass is 19.3. The molecule has 2 aliphatic rings. The summed E-state index contributed by atoms with van der Waals surface area (Å²) < 4.78 is 44.3. The molecule has 2 heterocycles. The number of likely N-dealkylation sites (tertiary alicyclic amines) is 1. The highest BCUT2D eigenvalue weighted by molar-refractivity contribution is 6.62. The lowest BCUT2D eigenvalue weighted by atomic mass is 9.79. The van der Waals surface area contributed by atoms with E-state index in [9.17, 15) is 8.78 Å². The van der Waals surface area contributed by atoms with Crippen LogP contribution in [0.1, 0.15) is 40.5 Å². The molecule has 0 saturated carbocycles. The summed E-state index contributed by atoms with van der Waals surface area (Å²) in [6.07, 6.45) is -0.130. The number of benzene rings is 1. The first-order valence-electron chi connectivity index (χ1n) is 9.27. The van der Waals surface area contributed by atoms with Crippen molar-refractivity contribution in [2.75, 3.05) is 26.2 Å². The van der Waals surface area contributed by atoms with Gasteiger partial charge in [0.2, 0.25) is 0 Å². The average molecular weight is 367 g/mol. The Morgan fingerprint density at radius 1 is 1.08 bits per heavy atom. The number of ether oxygens (including phenoxy) is 1. The Kier molecular flexibility index (Phi) is 5.34. The van der Waals surface area contributed by atoms with Crippen LogP contribution in [0, 0.1) is 0 Å². The monoisotopic (exact) mass is 367 g/mol. The standard InChI is InChI=1S/C19H28BF2NO3/c1-17(2)18(3,4)26-20(25-17)15-6-5-7-16(14-15)24-13-12-23-10-8-19(21,22)9-11-23/h5-7,14H,8-13H2,1-4H3. The highest BCUT2D eigenvalue weighted by Gasteiger charge is 2.51. The lowest BCUT2D eigenvalue weighted by molar-refractivity contribution is -0.0564. The van der Waals surface area contributed by atoms with Gasteiger partial charge in [0.1, 0.15) is 12.4 Å². The van der Waals surface area contributed by atoms with Crippen molar-refractivity contribution in [3.63, 3.8) is 0 Å². The molecule has 2 saturated heterocycles. The molecule has 0 unspecified atom stereocenters. The van der Waals surface area contributed by atoms with E-state index < -0.39 is 13.0 Å². The molecule has 1 aromatic carbocycles. The van der Waals surface area contributed by atoms with E-state index in [4.69, 9.17) is 14.0 Å². The van der Waals surface area contributed by atoms with Crippen molar-refractivity contribution >= 4 is 12.6 Å². The van der Waals surface area contributed by atoms with Crippen LogP contribution in [-0.2, 0) is 9.31 Å². The second-order valence-corrected chi connectivity index (χ2v) is 8.21. The maximum Gasteiger partial charge on any atom is 0.494 e. The van der Waals surface area contributed by atoms with Crippen molar-refractivity contribution in [2.45, 2.75) is 57.7 Å². The van der Waals surface area contributed by atoms with Crippen LogP contribution in [0.25, 0.3) is 0 Å². The van der Waals surface area contributed by atoms with E-state index >= 15 is 0 Å². The van der Waals surface area contributed by atoms with E-state index in [1.807, 2.05) is 56.9 Å². The van der Waals surface area contributed by atoms with Crippen LogP contribution < -0.4 is 10.2 Å². The Morgan fingerprint density at radius 3 is 2.31 bits per heavy atom. The molecule has 2 fully saturated rings. The first kappa shape index (κ1) is 19.6. The summed E-state index contributed by atoms with van der Waals surface area (Å²) in [6, 6.07) is 7.68. The lowest BCUT2D eigenvalue weighted by Gasteiger charge is -2.32. The lowest BCUT2D eigenvalue weighted by Crippen LogP contribution is -2.41. The molecule has 0 N–H and O–H groups in total. The van der Waals surface area contributed by atoms with Crippen LogP contribution in [0.4, 0.5) is 8.78 Å². The number of hydrogen-bond acceptors (Lipinski definition) is 4. The van der Waals surface area contributed by atoms with Gasteiger partial charge in [0.05, 0.1) is 11.2 Å². The maximum absolute atomic E-state index is 13.2. The zero-order chi connectivity index (χ0) is 19.0. The Bertz CT molecular complexity index is 613. The summed E-state index contributed by atoms with van der Waals surface area (Å²) >= 11 is 0. The minimum Gasteiger partial charge on any atom is -0.492 e. The van der Waals surface area contributed by atoms with Gasteiger partial charge in [-0.1, -0.05) is 12.1 Å². The smallest absolute Gasteiger partial charge is 0.492 e. The van der Waals surface area contributed by atoms with E-state index in [0.717, 1.165) is 11.2 Å². The minimum absolute atomic E-state index is 0.0651. The van der Waals surface area contributed by atoms with Gasteiger partial charge in [-0.15, -0.1) is 0 Å². The van der Waals surface area contributed by atoms with E-state index in [0.29, 0.717) is 26.2 Å². The highest BCUT2D eigenvalue weighted by Crippen LogP contribution is 2.36. The molecule has 144 valence electrons. The Labute approximate surface area is 154 Å². The van der Waals surface area contributed by atoms with Crippen LogP contribution in [0.2, 0.25) is 0 Å². The molecule has 4 nitrogen and oxygen atoms in total. The summed E-state index contributed by atoms with van der Waals surface area (Å²) in [5, 5.41) is 0. The van der Waals surface area contributed by atoms with Crippen LogP contribution in [0.15, 0.2) is 24.3 Å². The first-order chi connectivity index (χ1) is 12.1. The number of rotatable bonds is 5. The van der Waals surface area contributed by atoms with Gasteiger partial charge < -0.3 is 14.0 Å². The van der Waals surface area contributed by atoms with Crippen LogP contribution in [0.3, 0.4) is 0 Å². The summed E-state index contributed by atoms with van der Waals surface area (Å²) in [5.41, 5.74) is 0.147. The Balaban J connectivity index is 1.52. The second-order valence-electron chi connectivity index (χ2n) is 8.21. The summed E-state index contributed by atoms with van der Waals surface area (Å²) in [7, 11) is -0.423. The fourth-order valence-electron chi connectivity index (χ4n) is 3.13. The zero-order valence-electron chi connectivity index (χ0n) is 16.1. The quantitative estimate of drug-likeness (QED) is 0.749. The van der Waals surface area contributed by atoms with Gasteiger partial charge in [0.15, 0.2) is 0 Å². The van der Waals surface area contributed by atoms with Crippen LogP contribution in [-0.4, -0.2) is 55.4 Å². The second kappa shape index (κ2) is 7.10. The average Bonchev–Trinajstić information content (AvgIpc) is 2.77. The summed E-state index contributed by atoms with van der Waals surface area (Å²) in [6.45, 7) is 10.1. The predicted octanol–water partition coefficient (Wildman–Crippen LogP) is 3.10. The molecule has 0 amide bonds. The summed E-state index contributed by atoms with van der Waals surface area (Å²) in [5.74, 6) is -1.77. The third-order valence-electron chi connectivity index (χ3n) is 5.65. The SMILES string of the molecule is CC1(C)OB(c2cccc(OCCN3CCC(F)(F)CC3)c2)OC1(C)C. The van der Waals surface area contributed by atoms with Gasteiger partial charge in [-0.2, -0.15) is 0 Å². The molecular formula is C19H28BF2NO3. The first-order valence-corrected chi connectivity index (χ1v) is 9.27. The third-order valence-corrected chi connectivity index (χ3v) is 5.65. The molecule has 3 rings (SSSR count). The van der Waals surface area contributed by atoms with Gasteiger partial charge in [-0.05, 0) is 45.3 Å². The van der Waals surface area contributed by atoms with Crippen molar-refractivity contribution in [3.05, 3.63) is 24.3 Å². The van der Waals surface area contributed by atoms with E-state index in [2.05, 4.69) is 0 Å². The van der Waals surface area contributed by atoms with E-state index in [-0.39, 0.29) is 24.0 Å². The van der Waals surface area contributed by atoms with Gasteiger partial charge in [-0.25, -0.2) is 8.78 Å². The molecule has 0 spiro atoms. The van der Waals surface area contributed by atoms with Crippen molar-refractivity contribution in [1.29, 1.82) is 0 Å². The van der Waals surface area contributed by atoms with Crippen LogP contribution >= 0.6 is 0 Å². The number of piperidine rings is 1. The normalized spacial score (nSPS) is 24.6.